The molecule has 1 fully saturated rings. The number of benzene rings is 1. The first-order valence-electron chi connectivity index (χ1n) is 8.67. The van der Waals surface area contributed by atoms with Gasteiger partial charge in [-0.2, -0.15) is 0 Å². The van der Waals surface area contributed by atoms with Gasteiger partial charge in [0.2, 0.25) is 5.91 Å². The minimum atomic E-state index is -0.0370. The molecule has 1 N–H and O–H groups in total. The highest BCUT2D eigenvalue weighted by atomic mass is 16.2. The molecule has 5 nitrogen and oxygen atoms in total. The number of aryl methyl sites for hydroxylation is 1. The number of amides is 2. The van der Waals surface area contributed by atoms with Crippen LogP contribution in [0.3, 0.4) is 0 Å². The molecule has 5 heteroatoms. The Labute approximate surface area is 148 Å². The van der Waals surface area contributed by atoms with E-state index in [2.05, 4.69) is 10.3 Å². The molecule has 2 heterocycles. The number of hydrogen-bond acceptors (Lipinski definition) is 3. The van der Waals surface area contributed by atoms with Crippen molar-refractivity contribution < 1.29 is 9.59 Å². The molecule has 0 unspecified atom stereocenters. The highest BCUT2D eigenvalue weighted by molar-refractivity contribution is 5.92. The van der Waals surface area contributed by atoms with Gasteiger partial charge in [-0.15, -0.1) is 0 Å². The molecule has 25 heavy (non-hydrogen) atoms. The van der Waals surface area contributed by atoms with E-state index in [4.69, 9.17) is 0 Å². The van der Waals surface area contributed by atoms with Gasteiger partial charge in [-0.05, 0) is 37.5 Å². The maximum Gasteiger partial charge on any atom is 0.272 e. The zero-order chi connectivity index (χ0) is 17.6. The van der Waals surface area contributed by atoms with Gasteiger partial charge in [0.25, 0.3) is 5.91 Å². The summed E-state index contributed by atoms with van der Waals surface area (Å²) in [6, 6.07) is 13.5. The lowest BCUT2D eigenvalue weighted by Gasteiger charge is -2.32. The Balaban J connectivity index is 1.46. The van der Waals surface area contributed by atoms with Gasteiger partial charge in [0.05, 0.1) is 6.42 Å². The van der Waals surface area contributed by atoms with Crippen LogP contribution in [0, 0.1) is 6.92 Å². The Kier molecular flexibility index (Phi) is 5.43. The first-order chi connectivity index (χ1) is 12.1. The van der Waals surface area contributed by atoms with Crippen LogP contribution in [0.1, 0.15) is 34.5 Å². The summed E-state index contributed by atoms with van der Waals surface area (Å²) in [7, 11) is 0. The van der Waals surface area contributed by atoms with E-state index in [0.29, 0.717) is 25.2 Å². The standard InChI is InChI=1S/C20H23N3O2/c1-15-5-7-16(8-6-15)14-19(24)22-17-9-12-23(13-10-17)20(25)18-4-2-3-11-21-18/h2-8,11,17H,9-10,12-14H2,1H3,(H,22,24). The largest absolute Gasteiger partial charge is 0.353 e. The van der Waals surface area contributed by atoms with Crippen LogP contribution >= 0.6 is 0 Å². The maximum absolute atomic E-state index is 12.4. The number of hydrogen-bond donors (Lipinski definition) is 1. The molecule has 0 bridgehead atoms. The number of nitrogens with zero attached hydrogens (tertiary/aromatic N) is 2. The van der Waals surface area contributed by atoms with E-state index in [1.165, 1.54) is 5.56 Å². The van der Waals surface area contributed by atoms with E-state index in [-0.39, 0.29) is 17.9 Å². The average Bonchev–Trinajstić information content (AvgIpc) is 2.64. The van der Waals surface area contributed by atoms with Gasteiger partial charge in [-0.3, -0.25) is 14.6 Å². The van der Waals surface area contributed by atoms with Crippen molar-refractivity contribution in [3.05, 3.63) is 65.5 Å². The van der Waals surface area contributed by atoms with Crippen LogP contribution in [-0.2, 0) is 11.2 Å². The number of piperidine rings is 1. The molecule has 0 aliphatic carbocycles. The lowest BCUT2D eigenvalue weighted by molar-refractivity contribution is -0.121. The molecule has 0 spiro atoms. The summed E-state index contributed by atoms with van der Waals surface area (Å²) in [5, 5.41) is 3.09. The lowest BCUT2D eigenvalue weighted by atomic mass is 10.0. The first-order valence-corrected chi connectivity index (χ1v) is 8.67. The summed E-state index contributed by atoms with van der Waals surface area (Å²) < 4.78 is 0. The topological polar surface area (TPSA) is 62.3 Å². The summed E-state index contributed by atoms with van der Waals surface area (Å²) in [6.07, 6.45) is 3.58. The van der Waals surface area contributed by atoms with Gasteiger partial charge in [0.15, 0.2) is 0 Å². The summed E-state index contributed by atoms with van der Waals surface area (Å²) in [4.78, 5) is 30.5. The van der Waals surface area contributed by atoms with Crippen LogP contribution in [0.4, 0.5) is 0 Å². The monoisotopic (exact) mass is 337 g/mol. The first kappa shape index (κ1) is 17.1. The van der Waals surface area contributed by atoms with Crippen molar-refractivity contribution in [2.75, 3.05) is 13.1 Å². The second-order valence-corrected chi connectivity index (χ2v) is 6.51. The molecule has 1 aromatic heterocycles. The summed E-state index contributed by atoms with van der Waals surface area (Å²) >= 11 is 0. The molecule has 1 aliphatic heterocycles. The van der Waals surface area contributed by atoms with Crippen LogP contribution in [0.15, 0.2) is 48.7 Å². The van der Waals surface area contributed by atoms with Crippen molar-refractivity contribution in [2.45, 2.75) is 32.2 Å². The molecule has 0 atom stereocenters. The number of aromatic nitrogens is 1. The minimum Gasteiger partial charge on any atom is -0.353 e. The molecule has 0 saturated carbocycles. The normalized spacial score (nSPS) is 15.0. The Morgan fingerprint density at radius 2 is 1.84 bits per heavy atom. The molecule has 0 radical (unpaired) electrons. The van der Waals surface area contributed by atoms with E-state index in [0.717, 1.165) is 18.4 Å². The van der Waals surface area contributed by atoms with Gasteiger partial charge >= 0.3 is 0 Å². The number of nitrogens with one attached hydrogen (secondary N) is 1. The average molecular weight is 337 g/mol. The van der Waals surface area contributed by atoms with Crippen molar-refractivity contribution in [3.63, 3.8) is 0 Å². The number of carbonyl (C=O) groups is 2. The molecule has 130 valence electrons. The molecule has 2 amide bonds. The van der Waals surface area contributed by atoms with E-state index >= 15 is 0 Å². The molecule has 1 aromatic carbocycles. The van der Waals surface area contributed by atoms with Crippen LogP contribution in [0.25, 0.3) is 0 Å². The van der Waals surface area contributed by atoms with Crippen molar-refractivity contribution in [3.8, 4) is 0 Å². The Morgan fingerprint density at radius 3 is 2.48 bits per heavy atom. The van der Waals surface area contributed by atoms with Gasteiger partial charge < -0.3 is 10.2 Å². The molecular formula is C20H23N3O2. The van der Waals surface area contributed by atoms with Gasteiger partial charge in [-0.1, -0.05) is 35.9 Å². The molecule has 3 rings (SSSR count). The zero-order valence-electron chi connectivity index (χ0n) is 14.4. The second kappa shape index (κ2) is 7.92. The molecule has 2 aromatic rings. The van der Waals surface area contributed by atoms with Gasteiger partial charge in [0, 0.05) is 25.3 Å². The van der Waals surface area contributed by atoms with Crippen molar-refractivity contribution in [2.24, 2.45) is 0 Å². The Morgan fingerprint density at radius 1 is 1.12 bits per heavy atom. The second-order valence-electron chi connectivity index (χ2n) is 6.51. The third-order valence-electron chi connectivity index (χ3n) is 4.52. The number of pyridine rings is 1. The van der Waals surface area contributed by atoms with Crippen molar-refractivity contribution >= 4 is 11.8 Å². The van der Waals surface area contributed by atoms with Crippen LogP contribution in [-0.4, -0.2) is 40.8 Å². The van der Waals surface area contributed by atoms with Crippen molar-refractivity contribution in [1.82, 2.24) is 15.2 Å². The Hall–Kier alpha value is -2.69. The van der Waals surface area contributed by atoms with E-state index in [1.807, 2.05) is 42.2 Å². The lowest BCUT2D eigenvalue weighted by Crippen LogP contribution is -2.47. The van der Waals surface area contributed by atoms with E-state index in [1.54, 1.807) is 18.3 Å². The SMILES string of the molecule is Cc1ccc(CC(=O)NC2CCN(C(=O)c3ccccn3)CC2)cc1. The zero-order valence-corrected chi connectivity index (χ0v) is 14.4. The summed E-state index contributed by atoms with van der Waals surface area (Å²) in [5.41, 5.74) is 2.68. The fraction of sp³-hybridized carbons (Fsp3) is 0.350. The summed E-state index contributed by atoms with van der Waals surface area (Å²) in [5.74, 6) is 0.00314. The minimum absolute atomic E-state index is 0.0370. The fourth-order valence-electron chi connectivity index (χ4n) is 3.05. The maximum atomic E-state index is 12.4. The van der Waals surface area contributed by atoms with Crippen LogP contribution in [0.2, 0.25) is 0 Å². The number of likely N-dealkylation sites (tertiary alicyclic amines) is 1. The fourth-order valence-corrected chi connectivity index (χ4v) is 3.05. The third kappa shape index (κ3) is 4.66. The predicted molar refractivity (Wildman–Crippen MR) is 96.2 cm³/mol. The highest BCUT2D eigenvalue weighted by Gasteiger charge is 2.25. The number of carbonyl (C=O) groups excluding carboxylic acids is 2. The predicted octanol–water partition coefficient (Wildman–Crippen LogP) is 2.35. The molecular weight excluding hydrogens is 314 g/mol. The Bertz CT molecular complexity index is 720. The van der Waals surface area contributed by atoms with E-state index < -0.39 is 0 Å². The smallest absolute Gasteiger partial charge is 0.272 e. The quantitative estimate of drug-likeness (QED) is 0.931. The van der Waals surface area contributed by atoms with E-state index in [9.17, 15) is 9.59 Å². The summed E-state index contributed by atoms with van der Waals surface area (Å²) in [6.45, 7) is 3.32. The van der Waals surface area contributed by atoms with Crippen LogP contribution in [0.5, 0.6) is 0 Å². The number of rotatable bonds is 4. The van der Waals surface area contributed by atoms with Crippen molar-refractivity contribution in [1.29, 1.82) is 0 Å². The third-order valence-corrected chi connectivity index (χ3v) is 4.52. The molecule has 1 saturated heterocycles. The highest BCUT2D eigenvalue weighted by Crippen LogP contribution is 2.13. The van der Waals surface area contributed by atoms with Crippen LogP contribution < -0.4 is 5.32 Å². The molecule has 1 aliphatic rings. The van der Waals surface area contributed by atoms with Gasteiger partial charge in [-0.25, -0.2) is 0 Å². The van der Waals surface area contributed by atoms with Gasteiger partial charge in [0.1, 0.15) is 5.69 Å².